The number of anilines is 1. The zero-order chi connectivity index (χ0) is 24.2. The van der Waals surface area contributed by atoms with Gasteiger partial charge in [0, 0.05) is 15.9 Å². The summed E-state index contributed by atoms with van der Waals surface area (Å²) in [5, 5.41) is 5.41. The summed E-state index contributed by atoms with van der Waals surface area (Å²) in [6, 6.07) is 25.4. The van der Waals surface area contributed by atoms with Crippen LogP contribution in [0, 0.1) is 13.8 Å². The second kappa shape index (κ2) is 13.7. The van der Waals surface area contributed by atoms with Crippen LogP contribution < -0.4 is 5.32 Å². The normalized spacial score (nSPS) is 10.6. The molecule has 0 aliphatic rings. The van der Waals surface area contributed by atoms with Crippen LogP contribution in [0.4, 0.5) is 5.69 Å². The molecule has 0 aliphatic heterocycles. The Bertz CT molecular complexity index is 1130. The van der Waals surface area contributed by atoms with Gasteiger partial charge in [0.05, 0.1) is 5.03 Å². The van der Waals surface area contributed by atoms with Crippen LogP contribution in [0.25, 0.3) is 11.1 Å². The largest absolute Gasteiger partial charge is 0.350 e. The summed E-state index contributed by atoms with van der Waals surface area (Å²) in [5.74, 6) is 0. The highest BCUT2D eigenvalue weighted by Crippen LogP contribution is 2.33. The highest BCUT2D eigenvalue weighted by molar-refractivity contribution is 8.08. The first-order valence-corrected chi connectivity index (χ1v) is 12.4. The highest BCUT2D eigenvalue weighted by atomic mass is 32.2. The van der Waals surface area contributed by atoms with Crippen molar-refractivity contribution in [1.82, 2.24) is 0 Å². The summed E-state index contributed by atoms with van der Waals surface area (Å²) in [4.78, 5) is 1.15. The number of hydrogen-bond acceptors (Lipinski definition) is 2. The van der Waals surface area contributed by atoms with E-state index in [1.54, 1.807) is 17.8 Å². The number of thioether (sulfide) groups is 1. The maximum atomic E-state index is 4.26. The molecule has 0 aromatic heterocycles. The van der Waals surface area contributed by atoms with Crippen LogP contribution in [0.3, 0.4) is 0 Å². The van der Waals surface area contributed by atoms with E-state index in [0.29, 0.717) is 0 Å². The molecule has 0 heterocycles. The minimum absolute atomic E-state index is 0.894. The van der Waals surface area contributed by atoms with Crippen molar-refractivity contribution in [3.8, 4) is 11.1 Å². The van der Waals surface area contributed by atoms with Gasteiger partial charge in [-0.1, -0.05) is 98.1 Å². The minimum atomic E-state index is 0.894. The van der Waals surface area contributed by atoms with Crippen molar-refractivity contribution in [3.63, 3.8) is 0 Å². The zero-order valence-electron chi connectivity index (χ0n) is 20.1. The van der Waals surface area contributed by atoms with E-state index in [-0.39, 0.29) is 0 Å². The van der Waals surface area contributed by atoms with Gasteiger partial charge in [-0.3, -0.25) is 0 Å². The predicted molar refractivity (Wildman–Crippen MR) is 155 cm³/mol. The molecule has 170 valence electrons. The van der Waals surface area contributed by atoms with Crippen molar-refractivity contribution in [1.29, 1.82) is 0 Å². The molecule has 3 aromatic rings. The molecule has 0 unspecified atom stereocenters. The topological polar surface area (TPSA) is 12.0 Å². The summed E-state index contributed by atoms with van der Waals surface area (Å²) in [6.07, 6.45) is 4.93. The molecule has 0 atom stereocenters. The van der Waals surface area contributed by atoms with Gasteiger partial charge in [-0.05, 0) is 67.1 Å². The van der Waals surface area contributed by atoms with Gasteiger partial charge in [0.2, 0.25) is 0 Å². The van der Waals surface area contributed by atoms with E-state index in [9.17, 15) is 0 Å². The number of aryl methyl sites for hydroxylation is 2. The summed E-state index contributed by atoms with van der Waals surface area (Å²) < 4.78 is 0. The Morgan fingerprint density at radius 3 is 2.24 bits per heavy atom. The fraction of sp³-hybridized carbons (Fsp3) is 0.167. The van der Waals surface area contributed by atoms with Crippen LogP contribution in [-0.4, -0.2) is 5.29 Å². The molecule has 0 radical (unpaired) electrons. The molecule has 1 N–H and O–H groups in total. The van der Waals surface area contributed by atoms with Crippen molar-refractivity contribution in [2.24, 2.45) is 0 Å². The van der Waals surface area contributed by atoms with Crippen LogP contribution in [-0.2, 0) is 0 Å². The maximum Gasteiger partial charge on any atom is 0.0700 e. The van der Waals surface area contributed by atoms with E-state index >= 15 is 0 Å². The van der Waals surface area contributed by atoms with E-state index < -0.39 is 0 Å². The third-order valence-electron chi connectivity index (χ3n) is 4.94. The highest BCUT2D eigenvalue weighted by Gasteiger charge is 2.14. The van der Waals surface area contributed by atoms with Gasteiger partial charge < -0.3 is 5.32 Å². The van der Waals surface area contributed by atoms with Crippen molar-refractivity contribution >= 4 is 31.6 Å². The lowest BCUT2D eigenvalue weighted by molar-refractivity contribution is 1.22. The first kappa shape index (κ1) is 26.5. The average molecular weight is 472 g/mol. The Balaban J connectivity index is 0.00000122. The van der Waals surface area contributed by atoms with Crippen molar-refractivity contribution in [3.05, 3.63) is 125 Å². The van der Waals surface area contributed by atoms with Gasteiger partial charge in [-0.25, -0.2) is 0 Å². The Morgan fingerprint density at radius 2 is 1.61 bits per heavy atom. The summed E-state index contributed by atoms with van der Waals surface area (Å²) in [6.45, 7) is 15.9. The van der Waals surface area contributed by atoms with Crippen molar-refractivity contribution < 1.29 is 0 Å². The molecule has 0 spiro atoms. The predicted octanol–water partition coefficient (Wildman–Crippen LogP) is 9.44. The average Bonchev–Trinajstić information content (AvgIpc) is 2.82. The molecule has 3 aromatic carbocycles. The summed E-state index contributed by atoms with van der Waals surface area (Å²) in [7, 11) is 3.96. The van der Waals surface area contributed by atoms with Crippen molar-refractivity contribution in [2.75, 3.05) is 5.32 Å². The molecule has 0 saturated heterocycles. The lowest BCUT2D eigenvalue weighted by Crippen LogP contribution is -2.04. The van der Waals surface area contributed by atoms with Crippen LogP contribution in [0.15, 0.2) is 108 Å². The first-order valence-electron chi connectivity index (χ1n) is 11.1. The Labute approximate surface area is 206 Å². The zero-order valence-corrected chi connectivity index (χ0v) is 21.9. The molecule has 0 bridgehead atoms. The Morgan fingerprint density at radius 1 is 0.970 bits per heavy atom. The number of hydrogen-bond donors (Lipinski definition) is 1. The summed E-state index contributed by atoms with van der Waals surface area (Å²) in [5.41, 5.74) is 7.21. The Hall–Kier alpha value is -2.80. The lowest BCUT2D eigenvalue weighted by Gasteiger charge is -2.17. The fourth-order valence-electron chi connectivity index (χ4n) is 3.22. The molecule has 0 fully saturated rings. The van der Waals surface area contributed by atoms with Crippen LogP contribution >= 0.6 is 20.6 Å². The second-order valence-electron chi connectivity index (χ2n) is 7.62. The van der Waals surface area contributed by atoms with Crippen LogP contribution in [0.2, 0.25) is 0 Å². The van der Waals surface area contributed by atoms with Gasteiger partial charge in [0.15, 0.2) is 0 Å². The molecule has 0 aliphatic carbocycles. The number of nitrogens with one attached hydrogen (secondary N) is 1. The fourth-order valence-corrected chi connectivity index (χ4v) is 4.59. The molecule has 0 saturated carbocycles. The van der Waals surface area contributed by atoms with E-state index in [0.717, 1.165) is 27.3 Å². The quantitative estimate of drug-likeness (QED) is 0.259. The number of benzene rings is 3. The third-order valence-corrected chi connectivity index (χ3v) is 6.60. The first-order chi connectivity index (χ1) is 15.9. The Kier molecular flexibility index (Phi) is 11.0. The number of allylic oxidation sites excluding steroid dienone is 3. The van der Waals surface area contributed by atoms with Gasteiger partial charge in [-0.2, -0.15) is 0 Å². The molecule has 3 heteroatoms. The molecule has 3 rings (SSSR count). The van der Waals surface area contributed by atoms with Gasteiger partial charge >= 0.3 is 0 Å². The molecule has 33 heavy (non-hydrogen) atoms. The van der Waals surface area contributed by atoms with Gasteiger partial charge in [-0.15, -0.1) is 15.4 Å². The van der Waals surface area contributed by atoms with E-state index in [1.165, 1.54) is 27.8 Å². The van der Waals surface area contributed by atoms with Crippen molar-refractivity contribution in [2.45, 2.75) is 34.1 Å². The van der Waals surface area contributed by atoms with Crippen LogP contribution in [0.5, 0.6) is 0 Å². The number of rotatable bonds is 8. The lowest BCUT2D eigenvalue weighted by atomic mass is 9.97. The standard InChI is InChI=1S/C27H28NPS.C3H6/c1-5-11-26(30-21(4)28-23-17-16-19(2)20(3)18-23)27(29)25-15-10-9-14-24(25)22-12-7-6-8-13-22;1-3-2/h6-18,28-29H,4-5H2,1-3H3;3H,1H2,2H3/b26-11-;. The third kappa shape index (κ3) is 7.93. The van der Waals surface area contributed by atoms with E-state index in [4.69, 9.17) is 0 Å². The summed E-state index contributed by atoms with van der Waals surface area (Å²) >= 11 is 1.65. The second-order valence-corrected chi connectivity index (χ2v) is 9.26. The maximum absolute atomic E-state index is 4.26. The van der Waals surface area contributed by atoms with E-state index in [2.05, 4.69) is 121 Å². The van der Waals surface area contributed by atoms with E-state index in [1.807, 2.05) is 13.0 Å². The van der Waals surface area contributed by atoms with Crippen LogP contribution in [0.1, 0.15) is 37.0 Å². The molecule has 1 nitrogen and oxygen atoms in total. The van der Waals surface area contributed by atoms with Gasteiger partial charge in [0.1, 0.15) is 0 Å². The van der Waals surface area contributed by atoms with Gasteiger partial charge in [0.25, 0.3) is 0 Å². The molecule has 0 amide bonds. The monoisotopic (exact) mass is 471 g/mol. The SMILES string of the molecule is C=C(Nc1ccc(C)c(C)c1)S/C(=C\CC)C(=P)c1ccccc1-c1ccccc1.C=CC. The minimum Gasteiger partial charge on any atom is -0.350 e. The smallest absolute Gasteiger partial charge is 0.0700 e. The molecular formula is C30H34NPS. The molecular weight excluding hydrogens is 437 g/mol.